The molecule has 7 nitrogen and oxygen atoms in total. The molecule has 3 aromatic rings. The van der Waals surface area contributed by atoms with E-state index in [-0.39, 0.29) is 5.91 Å². The number of amides is 1. The number of methoxy groups -OCH3 is 1. The zero-order valence-corrected chi connectivity index (χ0v) is 18.4. The van der Waals surface area contributed by atoms with Crippen molar-refractivity contribution in [1.82, 2.24) is 19.7 Å². The summed E-state index contributed by atoms with van der Waals surface area (Å²) in [5, 5.41) is 7.19. The molecule has 1 N–H and O–H groups in total. The van der Waals surface area contributed by atoms with E-state index in [1.807, 2.05) is 35.1 Å². The number of benzene rings is 1. The van der Waals surface area contributed by atoms with E-state index in [0.29, 0.717) is 34.5 Å². The average Bonchev–Trinajstić information content (AvgIpc) is 3.53. The number of likely N-dealkylation sites (tertiary alicyclic amines) is 1. The average molecular weight is 448 g/mol. The molecule has 8 heteroatoms. The molecule has 5 rings (SSSR count). The Morgan fingerprint density at radius 3 is 2.73 bits per heavy atom. The first kappa shape index (κ1) is 21.5. The predicted octanol–water partition coefficient (Wildman–Crippen LogP) is 3.90. The van der Waals surface area contributed by atoms with Gasteiger partial charge in [-0.3, -0.25) is 19.4 Å². The fourth-order valence-electron chi connectivity index (χ4n) is 3.99. The monoisotopic (exact) mass is 447 g/mol. The Bertz CT molecular complexity index is 1160. The van der Waals surface area contributed by atoms with Gasteiger partial charge in [-0.2, -0.15) is 5.10 Å². The first-order chi connectivity index (χ1) is 16.1. The van der Waals surface area contributed by atoms with Crippen molar-refractivity contribution in [2.75, 3.05) is 25.5 Å². The van der Waals surface area contributed by atoms with E-state index >= 15 is 0 Å². The quantitative estimate of drug-likeness (QED) is 0.531. The molecule has 1 aliphatic heterocycles. The highest BCUT2D eigenvalue weighted by Crippen LogP contribution is 2.36. The minimum Gasteiger partial charge on any atom is -0.379 e. The molecular formula is C25H26FN5O2. The standard InChI is InChI=1S/C25H26FN5O2/c1-33-22-15-30(16-22)13-17-2-5-20(6-3-17)29-24(32)9-4-18-10-27-12-23(26)25(18)19-11-28-31(14-19)21-7-8-21/h2-6,9-12,14,21-22H,7-8,13,15-16H2,1H3,(H,29,32)/b9-4+. The molecule has 2 fully saturated rings. The Balaban J connectivity index is 1.22. The summed E-state index contributed by atoms with van der Waals surface area (Å²) in [5.74, 6) is -0.736. The third-order valence-electron chi connectivity index (χ3n) is 6.04. The highest BCUT2D eigenvalue weighted by molar-refractivity contribution is 6.02. The summed E-state index contributed by atoms with van der Waals surface area (Å²) in [6.07, 6.45) is 11.7. The number of nitrogens with zero attached hydrogens (tertiary/aromatic N) is 4. The van der Waals surface area contributed by atoms with Crippen LogP contribution in [0.3, 0.4) is 0 Å². The summed E-state index contributed by atoms with van der Waals surface area (Å²) in [6.45, 7) is 2.75. The Labute approximate surface area is 191 Å². The molecule has 0 radical (unpaired) electrons. The molecule has 2 aromatic heterocycles. The zero-order valence-electron chi connectivity index (χ0n) is 18.4. The van der Waals surface area contributed by atoms with Crippen LogP contribution in [0.5, 0.6) is 0 Å². The van der Waals surface area contributed by atoms with E-state index in [0.717, 1.165) is 32.5 Å². The van der Waals surface area contributed by atoms with E-state index in [2.05, 4.69) is 20.3 Å². The number of halogens is 1. The minimum absolute atomic E-state index is 0.294. The first-order valence-electron chi connectivity index (χ1n) is 11.1. The summed E-state index contributed by atoms with van der Waals surface area (Å²) < 4.78 is 21.8. The molecule has 0 atom stereocenters. The van der Waals surface area contributed by atoms with Gasteiger partial charge in [0, 0.05) is 67.6 Å². The van der Waals surface area contributed by atoms with Crippen molar-refractivity contribution in [2.24, 2.45) is 0 Å². The van der Waals surface area contributed by atoms with Crippen molar-refractivity contribution in [3.05, 3.63) is 72.1 Å². The molecule has 1 saturated carbocycles. The summed E-state index contributed by atoms with van der Waals surface area (Å²) in [7, 11) is 1.74. The lowest BCUT2D eigenvalue weighted by Crippen LogP contribution is -2.50. The number of pyridine rings is 1. The molecule has 2 aliphatic rings. The number of carbonyl (C=O) groups excluding carboxylic acids is 1. The van der Waals surface area contributed by atoms with Gasteiger partial charge >= 0.3 is 0 Å². The molecular weight excluding hydrogens is 421 g/mol. The normalized spacial score (nSPS) is 16.8. The van der Waals surface area contributed by atoms with E-state index < -0.39 is 5.82 Å². The maximum atomic E-state index is 14.6. The van der Waals surface area contributed by atoms with Gasteiger partial charge in [0.15, 0.2) is 0 Å². The fourth-order valence-corrected chi connectivity index (χ4v) is 3.99. The van der Waals surface area contributed by atoms with Crippen LogP contribution in [0.2, 0.25) is 0 Å². The number of aromatic nitrogens is 3. The second-order valence-corrected chi connectivity index (χ2v) is 8.60. The Morgan fingerprint density at radius 1 is 1.21 bits per heavy atom. The SMILES string of the molecule is COC1CN(Cc2ccc(NC(=O)/C=C/c3cncc(F)c3-c3cnn(C4CC4)c3)cc2)C1. The molecule has 1 aliphatic carbocycles. The molecule has 0 unspecified atom stereocenters. The molecule has 1 aromatic carbocycles. The number of rotatable bonds is 8. The van der Waals surface area contributed by atoms with Crippen LogP contribution in [0.15, 0.2) is 55.1 Å². The van der Waals surface area contributed by atoms with Gasteiger partial charge in [-0.25, -0.2) is 4.39 Å². The summed E-state index contributed by atoms with van der Waals surface area (Å²) in [5.41, 5.74) is 3.48. The van der Waals surface area contributed by atoms with Gasteiger partial charge in [0.1, 0.15) is 5.82 Å². The third kappa shape index (κ3) is 5.02. The largest absolute Gasteiger partial charge is 0.379 e. The number of anilines is 1. The van der Waals surface area contributed by atoms with Crippen LogP contribution in [-0.2, 0) is 16.1 Å². The van der Waals surface area contributed by atoms with E-state index in [4.69, 9.17) is 4.74 Å². The number of hydrogen-bond donors (Lipinski definition) is 1. The van der Waals surface area contributed by atoms with Crippen molar-refractivity contribution in [3.63, 3.8) is 0 Å². The smallest absolute Gasteiger partial charge is 0.248 e. The fraction of sp³-hybridized carbons (Fsp3) is 0.320. The zero-order chi connectivity index (χ0) is 22.8. The van der Waals surface area contributed by atoms with Gasteiger partial charge in [-0.1, -0.05) is 12.1 Å². The number of nitrogens with one attached hydrogen (secondary N) is 1. The van der Waals surface area contributed by atoms with Crippen LogP contribution >= 0.6 is 0 Å². The Hall–Kier alpha value is -3.36. The highest BCUT2D eigenvalue weighted by atomic mass is 19.1. The second-order valence-electron chi connectivity index (χ2n) is 8.60. The van der Waals surface area contributed by atoms with Gasteiger partial charge in [0.05, 0.1) is 24.5 Å². The van der Waals surface area contributed by atoms with E-state index in [9.17, 15) is 9.18 Å². The predicted molar refractivity (Wildman–Crippen MR) is 124 cm³/mol. The van der Waals surface area contributed by atoms with Crippen molar-refractivity contribution >= 4 is 17.7 Å². The lowest BCUT2D eigenvalue weighted by atomic mass is 10.0. The Morgan fingerprint density at radius 2 is 2.00 bits per heavy atom. The first-order valence-corrected chi connectivity index (χ1v) is 11.1. The van der Waals surface area contributed by atoms with Gasteiger partial charge in [0.25, 0.3) is 0 Å². The molecule has 0 spiro atoms. The van der Waals surface area contributed by atoms with Gasteiger partial charge in [-0.15, -0.1) is 0 Å². The maximum Gasteiger partial charge on any atom is 0.248 e. The third-order valence-corrected chi connectivity index (χ3v) is 6.04. The molecule has 1 amide bonds. The van der Waals surface area contributed by atoms with Crippen molar-refractivity contribution in [1.29, 1.82) is 0 Å². The summed E-state index contributed by atoms with van der Waals surface area (Å²) in [6, 6.07) is 8.19. The van der Waals surface area contributed by atoms with Crippen LogP contribution in [0.25, 0.3) is 17.2 Å². The van der Waals surface area contributed by atoms with Crippen molar-refractivity contribution < 1.29 is 13.9 Å². The van der Waals surface area contributed by atoms with Crippen LogP contribution in [0, 0.1) is 5.82 Å². The van der Waals surface area contributed by atoms with Gasteiger partial charge < -0.3 is 10.1 Å². The summed E-state index contributed by atoms with van der Waals surface area (Å²) >= 11 is 0. The molecule has 1 saturated heterocycles. The maximum absolute atomic E-state index is 14.6. The molecule has 0 bridgehead atoms. The number of carbonyl (C=O) groups is 1. The lowest BCUT2D eigenvalue weighted by Gasteiger charge is -2.38. The molecule has 33 heavy (non-hydrogen) atoms. The van der Waals surface area contributed by atoms with Crippen LogP contribution < -0.4 is 5.32 Å². The summed E-state index contributed by atoms with van der Waals surface area (Å²) in [4.78, 5) is 18.7. The van der Waals surface area contributed by atoms with E-state index in [1.54, 1.807) is 25.6 Å². The van der Waals surface area contributed by atoms with Gasteiger partial charge in [0.2, 0.25) is 5.91 Å². The lowest BCUT2D eigenvalue weighted by molar-refractivity contribution is -0.111. The molecule has 170 valence electrons. The number of hydrogen-bond acceptors (Lipinski definition) is 5. The van der Waals surface area contributed by atoms with Crippen LogP contribution in [0.4, 0.5) is 10.1 Å². The van der Waals surface area contributed by atoms with Gasteiger partial charge in [-0.05, 0) is 36.6 Å². The van der Waals surface area contributed by atoms with Crippen molar-refractivity contribution in [3.8, 4) is 11.1 Å². The molecule has 3 heterocycles. The second kappa shape index (κ2) is 9.25. The van der Waals surface area contributed by atoms with Crippen LogP contribution in [0.1, 0.15) is 30.0 Å². The topological polar surface area (TPSA) is 72.3 Å². The highest BCUT2D eigenvalue weighted by Gasteiger charge is 2.26. The minimum atomic E-state index is -0.442. The van der Waals surface area contributed by atoms with E-state index in [1.165, 1.54) is 17.8 Å². The van der Waals surface area contributed by atoms with Crippen molar-refractivity contribution in [2.45, 2.75) is 31.5 Å². The van der Waals surface area contributed by atoms with Crippen LogP contribution in [-0.4, -0.2) is 51.9 Å². The Kier molecular flexibility index (Phi) is 6.02. The number of ether oxygens (including phenoxy) is 1.